The van der Waals surface area contributed by atoms with Gasteiger partial charge < -0.3 is 4.74 Å². The second kappa shape index (κ2) is 9.31. The Kier molecular flexibility index (Phi) is 6.79. The maximum absolute atomic E-state index is 6.51. The number of hydrogen-bond acceptors (Lipinski definition) is 1. The molecule has 3 aromatic carbocycles. The van der Waals surface area contributed by atoms with Gasteiger partial charge in [-0.2, -0.15) is 0 Å². The molecule has 0 saturated heterocycles. The summed E-state index contributed by atoms with van der Waals surface area (Å²) in [5.74, 6) is 2.08. The summed E-state index contributed by atoms with van der Waals surface area (Å²) in [6.45, 7) is 13.3. The summed E-state index contributed by atoms with van der Waals surface area (Å²) in [6, 6.07) is 23.9. The Morgan fingerprint density at radius 3 is 1.83 bits per heavy atom. The Bertz CT molecular complexity index is 897. The zero-order valence-electron chi connectivity index (χ0n) is 18.7. The lowest BCUT2D eigenvalue weighted by atomic mass is 9.93. The van der Waals surface area contributed by atoms with Crippen LogP contribution in [0.2, 0.25) is 0 Å². The van der Waals surface area contributed by atoms with Crippen molar-refractivity contribution >= 4 is 0 Å². The Labute approximate surface area is 176 Å². The standard InChI is InChI=1S/C28H34O/c1-19(2)16-27(24-10-8-7-9-11-24)29-26-17-21(5)28(22(6)18-26)25-14-12-23(13-15-25)20(3)4/h7-15,17-20,27H,16H2,1-6H3. The third-order valence-electron chi connectivity index (χ3n) is 5.51. The van der Waals surface area contributed by atoms with E-state index in [1.54, 1.807) is 0 Å². The fraction of sp³-hybridized carbons (Fsp3) is 0.357. The minimum atomic E-state index is 0.0752. The van der Waals surface area contributed by atoms with Crippen LogP contribution in [0.4, 0.5) is 0 Å². The van der Waals surface area contributed by atoms with Crippen molar-refractivity contribution in [2.45, 2.75) is 60.0 Å². The van der Waals surface area contributed by atoms with Gasteiger partial charge >= 0.3 is 0 Å². The molecule has 152 valence electrons. The molecule has 0 saturated carbocycles. The van der Waals surface area contributed by atoms with Gasteiger partial charge in [-0.3, -0.25) is 0 Å². The van der Waals surface area contributed by atoms with Crippen LogP contribution in [0.15, 0.2) is 66.7 Å². The minimum absolute atomic E-state index is 0.0752. The van der Waals surface area contributed by atoms with Gasteiger partial charge in [0.25, 0.3) is 0 Å². The molecule has 0 aliphatic rings. The molecule has 3 rings (SSSR count). The van der Waals surface area contributed by atoms with Crippen molar-refractivity contribution < 1.29 is 4.74 Å². The van der Waals surface area contributed by atoms with Crippen LogP contribution in [-0.2, 0) is 0 Å². The molecule has 0 heterocycles. The summed E-state index contributed by atoms with van der Waals surface area (Å²) in [4.78, 5) is 0. The van der Waals surface area contributed by atoms with Gasteiger partial charge in [0, 0.05) is 0 Å². The van der Waals surface area contributed by atoms with E-state index < -0.39 is 0 Å². The fourth-order valence-electron chi connectivity index (χ4n) is 3.99. The topological polar surface area (TPSA) is 9.23 Å². The molecule has 29 heavy (non-hydrogen) atoms. The van der Waals surface area contributed by atoms with Gasteiger partial charge in [-0.15, -0.1) is 0 Å². The maximum atomic E-state index is 6.51. The Balaban J connectivity index is 1.89. The zero-order valence-corrected chi connectivity index (χ0v) is 18.7. The molecule has 1 unspecified atom stereocenters. The Hall–Kier alpha value is -2.54. The van der Waals surface area contributed by atoms with E-state index in [0.717, 1.165) is 12.2 Å². The first-order chi connectivity index (χ1) is 13.8. The van der Waals surface area contributed by atoms with Gasteiger partial charge in [0.2, 0.25) is 0 Å². The highest BCUT2D eigenvalue weighted by molar-refractivity contribution is 5.72. The molecule has 0 radical (unpaired) electrons. The normalized spacial score (nSPS) is 12.4. The van der Waals surface area contributed by atoms with Crippen molar-refractivity contribution in [1.29, 1.82) is 0 Å². The van der Waals surface area contributed by atoms with E-state index in [4.69, 9.17) is 4.74 Å². The zero-order chi connectivity index (χ0) is 21.0. The van der Waals surface area contributed by atoms with Crippen LogP contribution in [0.25, 0.3) is 11.1 Å². The van der Waals surface area contributed by atoms with Crippen LogP contribution in [0, 0.1) is 19.8 Å². The molecule has 0 aromatic heterocycles. The SMILES string of the molecule is Cc1cc(OC(CC(C)C)c2ccccc2)cc(C)c1-c1ccc(C(C)C)cc1. The largest absolute Gasteiger partial charge is 0.486 e. The number of aryl methyl sites for hydroxylation is 2. The first-order valence-corrected chi connectivity index (χ1v) is 10.8. The van der Waals surface area contributed by atoms with Crippen molar-refractivity contribution in [2.75, 3.05) is 0 Å². The molecule has 1 atom stereocenters. The van der Waals surface area contributed by atoms with E-state index in [-0.39, 0.29) is 6.10 Å². The second-order valence-electron chi connectivity index (χ2n) is 8.86. The number of ether oxygens (including phenoxy) is 1. The summed E-state index contributed by atoms with van der Waals surface area (Å²) >= 11 is 0. The lowest BCUT2D eigenvalue weighted by Crippen LogP contribution is -2.11. The van der Waals surface area contributed by atoms with Gasteiger partial charge in [-0.05, 0) is 77.6 Å². The lowest BCUT2D eigenvalue weighted by molar-refractivity contribution is 0.177. The predicted molar refractivity (Wildman–Crippen MR) is 125 cm³/mol. The summed E-state index contributed by atoms with van der Waals surface area (Å²) < 4.78 is 6.51. The predicted octanol–water partition coefficient (Wildman–Crippen LogP) is 8.26. The van der Waals surface area contributed by atoms with Crippen LogP contribution < -0.4 is 4.74 Å². The van der Waals surface area contributed by atoms with Gasteiger partial charge in [0.15, 0.2) is 0 Å². The van der Waals surface area contributed by atoms with Crippen LogP contribution >= 0.6 is 0 Å². The van der Waals surface area contributed by atoms with Crippen molar-refractivity contribution in [1.82, 2.24) is 0 Å². The van der Waals surface area contributed by atoms with E-state index in [1.807, 2.05) is 0 Å². The molecule has 0 aliphatic carbocycles. The van der Waals surface area contributed by atoms with Gasteiger partial charge in [-0.1, -0.05) is 82.3 Å². The molecular formula is C28H34O. The van der Waals surface area contributed by atoms with E-state index in [9.17, 15) is 0 Å². The van der Waals surface area contributed by atoms with Crippen LogP contribution in [0.1, 0.15) is 68.4 Å². The van der Waals surface area contributed by atoms with E-state index in [1.165, 1.54) is 33.4 Å². The number of hydrogen-bond donors (Lipinski definition) is 0. The Morgan fingerprint density at radius 2 is 1.31 bits per heavy atom. The van der Waals surface area contributed by atoms with E-state index in [0.29, 0.717) is 11.8 Å². The molecule has 1 nitrogen and oxygen atoms in total. The molecule has 0 aliphatic heterocycles. The maximum Gasteiger partial charge on any atom is 0.124 e. The average Bonchev–Trinajstić information content (AvgIpc) is 2.68. The highest BCUT2D eigenvalue weighted by Crippen LogP contribution is 2.34. The van der Waals surface area contributed by atoms with Crippen LogP contribution in [0.5, 0.6) is 5.75 Å². The third kappa shape index (κ3) is 5.29. The van der Waals surface area contributed by atoms with Gasteiger partial charge in [-0.25, -0.2) is 0 Å². The average molecular weight is 387 g/mol. The van der Waals surface area contributed by atoms with Crippen molar-refractivity contribution in [3.05, 3.63) is 89.0 Å². The lowest BCUT2D eigenvalue weighted by Gasteiger charge is -2.23. The monoisotopic (exact) mass is 386 g/mol. The van der Waals surface area contributed by atoms with Gasteiger partial charge in [0.1, 0.15) is 11.9 Å². The number of benzene rings is 3. The highest BCUT2D eigenvalue weighted by Gasteiger charge is 2.17. The molecular weight excluding hydrogens is 352 g/mol. The summed E-state index contributed by atoms with van der Waals surface area (Å²) in [5.41, 5.74) is 7.72. The van der Waals surface area contributed by atoms with Crippen molar-refractivity contribution in [3.63, 3.8) is 0 Å². The molecule has 0 bridgehead atoms. The van der Waals surface area contributed by atoms with Crippen LogP contribution in [-0.4, -0.2) is 0 Å². The van der Waals surface area contributed by atoms with Crippen LogP contribution in [0.3, 0.4) is 0 Å². The second-order valence-corrected chi connectivity index (χ2v) is 8.86. The van der Waals surface area contributed by atoms with E-state index >= 15 is 0 Å². The van der Waals surface area contributed by atoms with E-state index in [2.05, 4.69) is 108 Å². The molecule has 0 fully saturated rings. The first kappa shape index (κ1) is 21.2. The van der Waals surface area contributed by atoms with Gasteiger partial charge in [0.05, 0.1) is 0 Å². The third-order valence-corrected chi connectivity index (χ3v) is 5.51. The first-order valence-electron chi connectivity index (χ1n) is 10.8. The molecule has 0 spiro atoms. The highest BCUT2D eigenvalue weighted by atomic mass is 16.5. The van der Waals surface area contributed by atoms with Crippen molar-refractivity contribution in [3.8, 4) is 16.9 Å². The summed E-state index contributed by atoms with van der Waals surface area (Å²) in [5, 5.41) is 0. The number of rotatable bonds is 7. The minimum Gasteiger partial charge on any atom is -0.486 e. The summed E-state index contributed by atoms with van der Waals surface area (Å²) in [6.07, 6.45) is 1.08. The Morgan fingerprint density at radius 1 is 0.724 bits per heavy atom. The molecule has 3 aromatic rings. The van der Waals surface area contributed by atoms with Crippen molar-refractivity contribution in [2.24, 2.45) is 5.92 Å². The fourth-order valence-corrected chi connectivity index (χ4v) is 3.99. The smallest absolute Gasteiger partial charge is 0.124 e. The quantitative estimate of drug-likeness (QED) is 0.397. The molecule has 0 amide bonds. The summed E-state index contributed by atoms with van der Waals surface area (Å²) in [7, 11) is 0. The molecule has 0 N–H and O–H groups in total. The molecule has 1 heteroatoms.